The SMILES string of the molecule is Cc1nc(/C(=N/OCc2ccc([B]OC=O)cc2)C(=O)O)cs1. The van der Waals surface area contributed by atoms with Gasteiger partial charge in [-0.15, -0.1) is 11.3 Å². The second-order valence-electron chi connectivity index (χ2n) is 4.36. The number of thiazole rings is 1. The van der Waals surface area contributed by atoms with Crippen LogP contribution in [0.3, 0.4) is 0 Å². The van der Waals surface area contributed by atoms with E-state index in [0.29, 0.717) is 11.9 Å². The van der Waals surface area contributed by atoms with E-state index in [1.165, 1.54) is 18.8 Å². The molecule has 0 spiro atoms. The Morgan fingerprint density at radius 1 is 1.43 bits per heavy atom. The van der Waals surface area contributed by atoms with Gasteiger partial charge in [0.05, 0.1) is 5.01 Å². The molecule has 0 amide bonds. The molecule has 0 fully saturated rings. The third kappa shape index (κ3) is 4.92. The van der Waals surface area contributed by atoms with Gasteiger partial charge in [0.25, 0.3) is 6.47 Å². The minimum Gasteiger partial charge on any atom is -0.535 e. The molecule has 23 heavy (non-hydrogen) atoms. The Morgan fingerprint density at radius 2 is 2.17 bits per heavy atom. The molecule has 1 N–H and O–H groups in total. The second kappa shape index (κ2) is 8.09. The van der Waals surface area contributed by atoms with Gasteiger partial charge in [-0.05, 0) is 17.9 Å². The van der Waals surface area contributed by atoms with Crippen LogP contribution in [0.1, 0.15) is 16.3 Å². The van der Waals surface area contributed by atoms with Crippen molar-refractivity contribution in [3.8, 4) is 0 Å². The molecule has 0 aliphatic carbocycles. The van der Waals surface area contributed by atoms with Crippen LogP contribution in [0.5, 0.6) is 0 Å². The summed E-state index contributed by atoms with van der Waals surface area (Å²) in [4.78, 5) is 30.5. The standard InChI is InChI=1S/C14H12BN2O5S/c1-9-16-12(7-23-9)13(14(19)20)17-22-6-10-2-4-11(5-3-10)15-21-8-18/h2-5,7-8H,6H2,1H3,(H,19,20)/b17-13-. The summed E-state index contributed by atoms with van der Waals surface area (Å²) in [6.45, 7) is 2.22. The number of aliphatic carboxylic acids is 1. The van der Waals surface area contributed by atoms with Crippen LogP contribution in [0.2, 0.25) is 0 Å². The van der Waals surface area contributed by atoms with E-state index in [2.05, 4.69) is 14.8 Å². The highest BCUT2D eigenvalue weighted by atomic mass is 32.1. The Morgan fingerprint density at radius 3 is 2.74 bits per heavy atom. The molecule has 0 aliphatic heterocycles. The van der Waals surface area contributed by atoms with Gasteiger partial charge in [-0.25, -0.2) is 9.78 Å². The van der Waals surface area contributed by atoms with Gasteiger partial charge in [0.1, 0.15) is 12.3 Å². The van der Waals surface area contributed by atoms with Gasteiger partial charge in [0.2, 0.25) is 5.71 Å². The molecule has 2 rings (SSSR count). The van der Waals surface area contributed by atoms with Crippen LogP contribution in [0.15, 0.2) is 34.8 Å². The first-order chi connectivity index (χ1) is 11.1. The van der Waals surface area contributed by atoms with E-state index < -0.39 is 5.97 Å². The van der Waals surface area contributed by atoms with Crippen molar-refractivity contribution < 1.29 is 24.2 Å². The van der Waals surface area contributed by atoms with E-state index in [0.717, 1.165) is 10.6 Å². The van der Waals surface area contributed by atoms with Crippen LogP contribution in [-0.4, -0.2) is 35.7 Å². The molecule has 1 radical (unpaired) electrons. The average Bonchev–Trinajstić information content (AvgIpc) is 2.96. The molecular formula is C14H12BN2O5S. The zero-order valence-corrected chi connectivity index (χ0v) is 12.9. The quantitative estimate of drug-likeness (QED) is 0.334. The Hall–Kier alpha value is -2.68. The number of rotatable bonds is 8. The fourth-order valence-corrected chi connectivity index (χ4v) is 2.24. The molecule has 1 aromatic heterocycles. The van der Waals surface area contributed by atoms with Gasteiger partial charge in [-0.2, -0.15) is 0 Å². The number of nitrogens with zero attached hydrogens (tertiary/aromatic N) is 2. The summed E-state index contributed by atoms with van der Waals surface area (Å²) < 4.78 is 4.52. The smallest absolute Gasteiger partial charge is 0.412 e. The van der Waals surface area contributed by atoms with Crippen LogP contribution >= 0.6 is 11.3 Å². The van der Waals surface area contributed by atoms with Crippen molar-refractivity contribution in [2.24, 2.45) is 5.16 Å². The van der Waals surface area contributed by atoms with Gasteiger partial charge in [-0.1, -0.05) is 29.4 Å². The molecule has 0 aliphatic rings. The number of aryl methyl sites for hydroxylation is 1. The number of hydrogen-bond donors (Lipinski definition) is 1. The largest absolute Gasteiger partial charge is 0.535 e. The fourth-order valence-electron chi connectivity index (χ4n) is 1.64. The van der Waals surface area contributed by atoms with Gasteiger partial charge in [0, 0.05) is 5.38 Å². The number of oxime groups is 1. The van der Waals surface area contributed by atoms with Gasteiger partial charge >= 0.3 is 13.5 Å². The molecule has 0 bridgehead atoms. The number of carbonyl (C=O) groups excluding carboxylic acids is 1. The minimum absolute atomic E-state index is 0.106. The highest BCUT2D eigenvalue weighted by Crippen LogP contribution is 2.10. The van der Waals surface area contributed by atoms with Crippen molar-refractivity contribution in [1.29, 1.82) is 0 Å². The number of hydrogen-bond acceptors (Lipinski definition) is 7. The molecule has 0 saturated carbocycles. The maximum absolute atomic E-state index is 11.2. The second-order valence-corrected chi connectivity index (χ2v) is 5.42. The van der Waals surface area contributed by atoms with Crippen LogP contribution in [0.4, 0.5) is 0 Å². The molecule has 9 heteroatoms. The number of aromatic nitrogens is 1. The third-order valence-corrected chi connectivity index (χ3v) is 3.46. The summed E-state index contributed by atoms with van der Waals surface area (Å²) in [5.41, 5.74) is 1.54. The highest BCUT2D eigenvalue weighted by molar-refractivity contribution is 7.09. The van der Waals surface area contributed by atoms with Crippen molar-refractivity contribution in [2.45, 2.75) is 13.5 Å². The number of carbonyl (C=O) groups is 2. The summed E-state index contributed by atoms with van der Waals surface area (Å²) in [5.74, 6) is -1.20. The van der Waals surface area contributed by atoms with Crippen LogP contribution in [0, 0.1) is 6.92 Å². The first kappa shape index (κ1) is 16.7. The average molecular weight is 331 g/mol. The van der Waals surface area contributed by atoms with Crippen molar-refractivity contribution in [3.63, 3.8) is 0 Å². The molecule has 0 saturated heterocycles. The van der Waals surface area contributed by atoms with E-state index in [4.69, 9.17) is 9.94 Å². The lowest BCUT2D eigenvalue weighted by molar-refractivity contribution is -0.129. The highest BCUT2D eigenvalue weighted by Gasteiger charge is 2.16. The number of carboxylic acids is 1. The zero-order chi connectivity index (χ0) is 16.7. The van der Waals surface area contributed by atoms with E-state index in [-0.39, 0.29) is 18.0 Å². The van der Waals surface area contributed by atoms with Crippen LogP contribution in [0.25, 0.3) is 0 Å². The maximum atomic E-state index is 11.2. The van der Waals surface area contributed by atoms with Crippen LogP contribution in [-0.2, 0) is 25.7 Å². The fraction of sp³-hybridized carbons (Fsp3) is 0.143. The predicted octanol–water partition coefficient (Wildman–Crippen LogP) is 0.875. The van der Waals surface area contributed by atoms with Crippen LogP contribution < -0.4 is 5.46 Å². The topological polar surface area (TPSA) is 98.1 Å². The molecule has 1 heterocycles. The maximum Gasteiger partial charge on any atom is 0.412 e. The first-order valence-corrected chi connectivity index (χ1v) is 7.35. The molecule has 1 aromatic carbocycles. The molecule has 117 valence electrons. The lowest BCUT2D eigenvalue weighted by Gasteiger charge is -2.03. The number of benzene rings is 1. The summed E-state index contributed by atoms with van der Waals surface area (Å²) in [6, 6.07) is 6.97. The molecule has 0 atom stereocenters. The normalized spacial score (nSPS) is 10.9. The number of carboxylic acid groups (broad SMARTS) is 1. The first-order valence-electron chi connectivity index (χ1n) is 6.47. The lowest BCUT2D eigenvalue weighted by atomic mass is 9.88. The summed E-state index contributed by atoms with van der Waals surface area (Å²) >= 11 is 1.34. The van der Waals surface area contributed by atoms with E-state index >= 15 is 0 Å². The molecule has 2 aromatic rings. The Kier molecular flexibility index (Phi) is 5.87. The predicted molar refractivity (Wildman–Crippen MR) is 84.8 cm³/mol. The van der Waals surface area contributed by atoms with E-state index in [1.54, 1.807) is 36.6 Å². The van der Waals surface area contributed by atoms with E-state index in [1.807, 2.05) is 0 Å². The monoisotopic (exact) mass is 331 g/mol. The van der Waals surface area contributed by atoms with E-state index in [9.17, 15) is 9.59 Å². The zero-order valence-electron chi connectivity index (χ0n) is 12.1. The van der Waals surface area contributed by atoms with Gasteiger partial charge < -0.3 is 14.6 Å². The summed E-state index contributed by atoms with van der Waals surface area (Å²) in [6.07, 6.45) is 0. The molecule has 7 nitrogen and oxygen atoms in total. The van der Waals surface area contributed by atoms with Gasteiger partial charge in [0.15, 0.2) is 0 Å². The molecule has 0 unspecified atom stereocenters. The third-order valence-electron chi connectivity index (χ3n) is 2.69. The summed E-state index contributed by atoms with van der Waals surface area (Å²) in [5, 5.41) is 15.2. The van der Waals surface area contributed by atoms with Crippen molar-refractivity contribution >= 4 is 42.4 Å². The van der Waals surface area contributed by atoms with Crippen molar-refractivity contribution in [3.05, 3.63) is 45.9 Å². The lowest BCUT2D eigenvalue weighted by Crippen LogP contribution is -2.17. The van der Waals surface area contributed by atoms with Crippen molar-refractivity contribution in [1.82, 2.24) is 4.98 Å². The Bertz CT molecular complexity index is 714. The Labute approximate surface area is 136 Å². The van der Waals surface area contributed by atoms with Gasteiger partial charge in [-0.3, -0.25) is 4.79 Å². The minimum atomic E-state index is -1.20. The Balaban J connectivity index is 1.98. The molecular weight excluding hydrogens is 319 g/mol. The summed E-state index contributed by atoms with van der Waals surface area (Å²) in [7, 11) is 1.31. The van der Waals surface area contributed by atoms with Crippen molar-refractivity contribution in [2.75, 3.05) is 0 Å².